The topological polar surface area (TPSA) is 81.3 Å². The Hall–Kier alpha value is -3.22. The van der Waals surface area contributed by atoms with Gasteiger partial charge in [0.25, 0.3) is 11.5 Å². The molecule has 0 aliphatic carbocycles. The first-order chi connectivity index (χ1) is 14.3. The molecule has 0 fully saturated rings. The fourth-order valence-corrected chi connectivity index (χ4v) is 3.80. The van der Waals surface area contributed by atoms with E-state index < -0.39 is 5.91 Å². The van der Waals surface area contributed by atoms with Gasteiger partial charge in [-0.05, 0) is 46.2 Å². The molecule has 3 aromatic rings. The lowest BCUT2D eigenvalue weighted by Gasteiger charge is -2.13. The van der Waals surface area contributed by atoms with E-state index >= 15 is 0 Å². The lowest BCUT2D eigenvalue weighted by Crippen LogP contribution is -2.29. The zero-order valence-corrected chi connectivity index (χ0v) is 18.3. The van der Waals surface area contributed by atoms with Crippen molar-refractivity contribution in [3.8, 4) is 0 Å². The molecule has 7 nitrogen and oxygen atoms in total. The lowest BCUT2D eigenvalue weighted by molar-refractivity contribution is 0.0949. The molecule has 30 heavy (non-hydrogen) atoms. The predicted molar refractivity (Wildman–Crippen MR) is 120 cm³/mol. The minimum atomic E-state index is -0.439. The number of hydrogen-bond acceptors (Lipinski definition) is 4. The molecular formula is C23H29N5O2. The first-order valence-corrected chi connectivity index (χ1v) is 10.4. The number of benzene rings is 1. The van der Waals surface area contributed by atoms with E-state index in [0.717, 1.165) is 29.8 Å². The van der Waals surface area contributed by atoms with Crippen LogP contribution in [0, 0.1) is 13.8 Å². The van der Waals surface area contributed by atoms with Crippen molar-refractivity contribution in [1.29, 1.82) is 0 Å². The van der Waals surface area contributed by atoms with E-state index in [1.165, 1.54) is 4.68 Å². The van der Waals surface area contributed by atoms with Crippen LogP contribution in [0.1, 0.15) is 67.1 Å². The van der Waals surface area contributed by atoms with Crippen LogP contribution in [-0.4, -0.2) is 26.5 Å². The minimum absolute atomic E-state index is 0.180. The smallest absolute Gasteiger partial charge is 0.292 e. The highest BCUT2D eigenvalue weighted by molar-refractivity contribution is 6.05. The number of carbonyl (C=O) groups is 1. The number of nitrogens with zero attached hydrogens (tertiary/aromatic N) is 4. The summed E-state index contributed by atoms with van der Waals surface area (Å²) in [7, 11) is 0. The molecular weight excluding hydrogens is 378 g/mol. The molecule has 1 N–H and O–H groups in total. The Morgan fingerprint density at radius 3 is 2.57 bits per heavy atom. The van der Waals surface area contributed by atoms with Crippen LogP contribution >= 0.6 is 0 Å². The summed E-state index contributed by atoms with van der Waals surface area (Å²) in [5, 5.41) is 9.50. The highest BCUT2D eigenvalue weighted by Gasteiger charge is 2.16. The molecule has 1 aromatic carbocycles. The van der Waals surface area contributed by atoms with E-state index in [2.05, 4.69) is 41.0 Å². The van der Waals surface area contributed by atoms with E-state index in [1.54, 1.807) is 30.5 Å². The molecule has 0 aliphatic heterocycles. The lowest BCUT2D eigenvalue weighted by atomic mass is 10.1. The number of unbranched alkanes of at least 4 members (excludes halogenated alkanes) is 1. The van der Waals surface area contributed by atoms with Gasteiger partial charge in [0.1, 0.15) is 0 Å². The summed E-state index contributed by atoms with van der Waals surface area (Å²) in [5.74, 6) is -0.439. The van der Waals surface area contributed by atoms with E-state index in [9.17, 15) is 9.59 Å². The Morgan fingerprint density at radius 1 is 1.23 bits per heavy atom. The van der Waals surface area contributed by atoms with Gasteiger partial charge in [-0.25, -0.2) is 10.1 Å². The molecule has 0 aliphatic rings. The Balaban J connectivity index is 1.90. The van der Waals surface area contributed by atoms with E-state index in [4.69, 9.17) is 0 Å². The van der Waals surface area contributed by atoms with Crippen molar-refractivity contribution in [2.45, 2.75) is 60.0 Å². The molecule has 1 amide bonds. The quantitative estimate of drug-likeness (QED) is 0.475. The maximum atomic E-state index is 12.8. The molecule has 0 radical (unpaired) electrons. The SMILES string of the molecule is CCCCn1nc(C(=O)N/N=C\c2cc(C)n(C(C)C)c2C)c2ccccc2c1=O. The number of amides is 1. The third kappa shape index (κ3) is 4.20. The fraction of sp³-hybridized carbons (Fsp3) is 0.391. The van der Waals surface area contributed by atoms with Gasteiger partial charge in [0.2, 0.25) is 0 Å². The number of aryl methyl sites for hydroxylation is 2. The van der Waals surface area contributed by atoms with Crippen LogP contribution in [0.25, 0.3) is 10.8 Å². The van der Waals surface area contributed by atoms with Gasteiger partial charge < -0.3 is 4.57 Å². The van der Waals surface area contributed by atoms with Crippen LogP contribution in [0.5, 0.6) is 0 Å². The molecule has 2 aromatic heterocycles. The van der Waals surface area contributed by atoms with Crippen molar-refractivity contribution in [2.75, 3.05) is 0 Å². The molecule has 0 saturated heterocycles. The predicted octanol–water partition coefficient (Wildman–Crippen LogP) is 3.96. The van der Waals surface area contributed by atoms with Gasteiger partial charge in [-0.15, -0.1) is 0 Å². The van der Waals surface area contributed by atoms with Gasteiger partial charge >= 0.3 is 0 Å². The van der Waals surface area contributed by atoms with Crippen LogP contribution in [0.3, 0.4) is 0 Å². The molecule has 0 saturated carbocycles. The monoisotopic (exact) mass is 407 g/mol. The van der Waals surface area contributed by atoms with E-state index in [0.29, 0.717) is 23.4 Å². The second-order valence-corrected chi connectivity index (χ2v) is 7.77. The normalized spacial score (nSPS) is 11.7. The van der Waals surface area contributed by atoms with Crippen molar-refractivity contribution in [3.63, 3.8) is 0 Å². The highest BCUT2D eigenvalue weighted by atomic mass is 16.2. The zero-order valence-electron chi connectivity index (χ0n) is 18.3. The first kappa shape index (κ1) is 21.5. The number of fused-ring (bicyclic) bond motifs is 1. The third-order valence-electron chi connectivity index (χ3n) is 5.22. The van der Waals surface area contributed by atoms with Crippen molar-refractivity contribution in [1.82, 2.24) is 19.8 Å². The Kier molecular flexibility index (Phi) is 6.50. The summed E-state index contributed by atoms with van der Waals surface area (Å²) in [5.41, 5.74) is 5.78. The number of hydrogen-bond donors (Lipinski definition) is 1. The van der Waals surface area contributed by atoms with Crippen LogP contribution in [-0.2, 0) is 6.54 Å². The Labute approximate surface area is 176 Å². The molecule has 0 atom stereocenters. The summed E-state index contributed by atoms with van der Waals surface area (Å²) in [4.78, 5) is 25.5. The Morgan fingerprint density at radius 2 is 1.93 bits per heavy atom. The van der Waals surface area contributed by atoms with E-state index in [1.807, 2.05) is 19.9 Å². The molecule has 158 valence electrons. The van der Waals surface area contributed by atoms with Gasteiger partial charge in [-0.2, -0.15) is 10.2 Å². The van der Waals surface area contributed by atoms with Gasteiger partial charge in [-0.1, -0.05) is 31.5 Å². The van der Waals surface area contributed by atoms with E-state index in [-0.39, 0.29) is 11.3 Å². The summed E-state index contributed by atoms with van der Waals surface area (Å²) in [6.45, 7) is 10.9. The van der Waals surface area contributed by atoms with Crippen molar-refractivity contribution < 1.29 is 4.79 Å². The number of nitrogens with one attached hydrogen (secondary N) is 1. The maximum Gasteiger partial charge on any atom is 0.292 e. The number of hydrazone groups is 1. The van der Waals surface area contributed by atoms with Crippen molar-refractivity contribution >= 4 is 22.9 Å². The van der Waals surface area contributed by atoms with Gasteiger partial charge in [0, 0.05) is 34.9 Å². The summed E-state index contributed by atoms with van der Waals surface area (Å²) >= 11 is 0. The second-order valence-electron chi connectivity index (χ2n) is 7.77. The number of carbonyl (C=O) groups excluding carboxylic acids is 1. The highest BCUT2D eigenvalue weighted by Crippen LogP contribution is 2.18. The average molecular weight is 408 g/mol. The number of rotatable bonds is 7. The van der Waals surface area contributed by atoms with Gasteiger partial charge in [0.15, 0.2) is 5.69 Å². The fourth-order valence-electron chi connectivity index (χ4n) is 3.80. The van der Waals surface area contributed by atoms with Crippen molar-refractivity contribution in [3.05, 3.63) is 63.3 Å². The maximum absolute atomic E-state index is 12.8. The standard InChI is InChI=1S/C23H29N5O2/c1-6-7-12-27-23(30)20-11-9-8-10-19(20)21(26-27)22(29)25-24-14-18-13-16(4)28(15(2)3)17(18)5/h8-11,13-15H,6-7,12H2,1-5H3,(H,25,29)/b24-14-. The summed E-state index contributed by atoms with van der Waals surface area (Å²) in [6, 6.07) is 9.44. The van der Waals surface area contributed by atoms with Crippen LogP contribution in [0.4, 0.5) is 0 Å². The zero-order chi connectivity index (χ0) is 21.8. The van der Waals surface area contributed by atoms with Gasteiger partial charge in [-0.3, -0.25) is 9.59 Å². The molecule has 2 heterocycles. The molecule has 0 bridgehead atoms. The molecule has 0 unspecified atom stereocenters. The molecule has 7 heteroatoms. The van der Waals surface area contributed by atoms with Gasteiger partial charge in [0.05, 0.1) is 11.6 Å². The summed E-state index contributed by atoms with van der Waals surface area (Å²) < 4.78 is 3.60. The average Bonchev–Trinajstić information content (AvgIpc) is 3.00. The largest absolute Gasteiger partial charge is 0.346 e. The minimum Gasteiger partial charge on any atom is -0.346 e. The van der Waals surface area contributed by atoms with Crippen molar-refractivity contribution in [2.24, 2.45) is 5.10 Å². The second kappa shape index (κ2) is 9.07. The first-order valence-electron chi connectivity index (χ1n) is 10.4. The van der Waals surface area contributed by atoms with Crippen LogP contribution in [0.2, 0.25) is 0 Å². The molecule has 3 rings (SSSR count). The van der Waals surface area contributed by atoms with Crippen LogP contribution < -0.4 is 11.0 Å². The Bertz CT molecular complexity index is 1150. The summed E-state index contributed by atoms with van der Waals surface area (Å²) in [6.07, 6.45) is 3.39. The number of aromatic nitrogens is 3. The van der Waals surface area contributed by atoms with Crippen LogP contribution in [0.15, 0.2) is 40.2 Å². The molecule has 0 spiro atoms. The third-order valence-corrected chi connectivity index (χ3v) is 5.22.